The molecule has 1 amide bonds. The number of anilines is 3. The van der Waals surface area contributed by atoms with Gasteiger partial charge >= 0.3 is 0 Å². The van der Waals surface area contributed by atoms with Crippen molar-refractivity contribution in [2.75, 3.05) is 29.9 Å². The minimum atomic E-state index is 0.0943. The monoisotopic (exact) mass is 486 g/mol. The molecule has 1 aromatic heterocycles. The molecule has 0 saturated carbocycles. The Hall–Kier alpha value is -3.38. The molecule has 190 valence electrons. The van der Waals surface area contributed by atoms with E-state index in [4.69, 9.17) is 4.74 Å². The molecule has 0 saturated heterocycles. The van der Waals surface area contributed by atoms with Gasteiger partial charge in [0.05, 0.1) is 6.61 Å². The first-order valence-electron chi connectivity index (χ1n) is 13.2. The number of nitrogens with one attached hydrogen (secondary N) is 1. The molecule has 0 unspecified atom stereocenters. The third-order valence-corrected chi connectivity index (χ3v) is 6.58. The molecule has 1 aliphatic rings. The average Bonchev–Trinajstić information content (AvgIpc) is 2.87. The van der Waals surface area contributed by atoms with Gasteiger partial charge < -0.3 is 15.0 Å². The number of amides is 1. The van der Waals surface area contributed by atoms with Crippen LogP contribution in [-0.4, -0.2) is 35.5 Å². The second-order valence-electron chi connectivity index (χ2n) is 9.41. The molecule has 0 spiro atoms. The number of hydrogen-bond acceptors (Lipinski definition) is 5. The predicted octanol–water partition coefficient (Wildman–Crippen LogP) is 6.54. The third kappa shape index (κ3) is 7.31. The van der Waals surface area contributed by atoms with Crippen LogP contribution in [-0.2, 0) is 17.9 Å². The molecule has 4 rings (SSSR count). The van der Waals surface area contributed by atoms with Crippen LogP contribution in [0.4, 0.5) is 17.2 Å². The van der Waals surface area contributed by atoms with E-state index in [9.17, 15) is 4.79 Å². The topological polar surface area (TPSA) is 57.7 Å². The maximum absolute atomic E-state index is 12.7. The number of aromatic nitrogens is 1. The first-order chi connectivity index (χ1) is 17.6. The zero-order valence-electron chi connectivity index (χ0n) is 21.6. The summed E-state index contributed by atoms with van der Waals surface area (Å²) in [4.78, 5) is 21.5. The standard InChI is InChI=1S/C30H38N4O2/c1-3-36-28-15-12-25(13-16-28)22-33-19-9-5-4-6-10-20-34(24(2)35)29-17-14-27(21-26(29)23-33)32-30-11-7-8-18-31-30/h7-8,11-18,21H,3-6,9-10,19-20,22-23H2,1-2H3,(H,31,32). The number of ether oxygens (including phenoxy) is 1. The Morgan fingerprint density at radius 2 is 1.75 bits per heavy atom. The van der Waals surface area contributed by atoms with Gasteiger partial charge in [0.1, 0.15) is 11.6 Å². The van der Waals surface area contributed by atoms with E-state index in [1.54, 1.807) is 13.1 Å². The van der Waals surface area contributed by atoms with E-state index in [0.717, 1.165) is 67.5 Å². The lowest BCUT2D eigenvalue weighted by Crippen LogP contribution is -2.32. The molecule has 2 heterocycles. The molecule has 1 aliphatic heterocycles. The normalized spacial score (nSPS) is 15.3. The van der Waals surface area contributed by atoms with Crippen molar-refractivity contribution < 1.29 is 9.53 Å². The number of rotatable bonds is 6. The quantitative estimate of drug-likeness (QED) is 0.428. The highest BCUT2D eigenvalue weighted by molar-refractivity contribution is 5.92. The minimum Gasteiger partial charge on any atom is -0.494 e. The number of benzene rings is 2. The summed E-state index contributed by atoms with van der Waals surface area (Å²) in [6.45, 7) is 7.74. The number of fused-ring (bicyclic) bond motifs is 1. The molecule has 0 atom stereocenters. The molecular formula is C30H38N4O2. The van der Waals surface area contributed by atoms with Crippen LogP contribution in [0.25, 0.3) is 0 Å². The average molecular weight is 487 g/mol. The third-order valence-electron chi connectivity index (χ3n) is 6.58. The van der Waals surface area contributed by atoms with Crippen molar-refractivity contribution in [2.45, 2.75) is 59.0 Å². The number of nitrogens with zero attached hydrogens (tertiary/aromatic N) is 3. The van der Waals surface area contributed by atoms with Gasteiger partial charge in [-0.25, -0.2) is 4.98 Å². The Morgan fingerprint density at radius 1 is 0.972 bits per heavy atom. The second kappa shape index (κ2) is 13.1. The highest BCUT2D eigenvalue weighted by Crippen LogP contribution is 2.29. The van der Waals surface area contributed by atoms with Crippen molar-refractivity contribution in [3.8, 4) is 5.75 Å². The van der Waals surface area contributed by atoms with Crippen molar-refractivity contribution in [1.82, 2.24) is 9.88 Å². The van der Waals surface area contributed by atoms with Crippen LogP contribution in [0.3, 0.4) is 0 Å². The van der Waals surface area contributed by atoms with E-state index in [1.807, 2.05) is 36.1 Å². The van der Waals surface area contributed by atoms with Crippen LogP contribution in [0.15, 0.2) is 66.9 Å². The van der Waals surface area contributed by atoms with Crippen LogP contribution in [0.2, 0.25) is 0 Å². The fourth-order valence-corrected chi connectivity index (χ4v) is 4.79. The Bertz CT molecular complexity index is 1100. The SMILES string of the molecule is CCOc1ccc(CN2CCCCCCCN(C(C)=O)c3ccc(Nc4ccccn4)cc3C2)cc1. The lowest BCUT2D eigenvalue weighted by atomic mass is 10.1. The largest absolute Gasteiger partial charge is 0.494 e. The van der Waals surface area contributed by atoms with E-state index in [-0.39, 0.29) is 5.91 Å². The van der Waals surface area contributed by atoms with Gasteiger partial charge in [-0.05, 0) is 79.9 Å². The van der Waals surface area contributed by atoms with Gasteiger partial charge in [-0.1, -0.05) is 37.5 Å². The second-order valence-corrected chi connectivity index (χ2v) is 9.41. The van der Waals surface area contributed by atoms with Crippen molar-refractivity contribution in [3.05, 3.63) is 78.0 Å². The van der Waals surface area contributed by atoms with Crippen molar-refractivity contribution >= 4 is 23.1 Å². The van der Waals surface area contributed by atoms with Gasteiger partial charge in [0, 0.05) is 44.1 Å². The van der Waals surface area contributed by atoms with Crippen LogP contribution >= 0.6 is 0 Å². The summed E-state index contributed by atoms with van der Waals surface area (Å²) >= 11 is 0. The highest BCUT2D eigenvalue weighted by Gasteiger charge is 2.19. The van der Waals surface area contributed by atoms with Gasteiger partial charge in [-0.15, -0.1) is 0 Å². The summed E-state index contributed by atoms with van der Waals surface area (Å²) < 4.78 is 5.62. The number of carbonyl (C=O) groups excluding carboxylic acids is 1. The van der Waals surface area contributed by atoms with Gasteiger partial charge in [0.15, 0.2) is 0 Å². The van der Waals surface area contributed by atoms with Gasteiger partial charge in [0.25, 0.3) is 0 Å². The van der Waals surface area contributed by atoms with E-state index >= 15 is 0 Å². The van der Waals surface area contributed by atoms with Crippen LogP contribution in [0.5, 0.6) is 5.75 Å². The van der Waals surface area contributed by atoms with Crippen LogP contribution in [0, 0.1) is 0 Å². The summed E-state index contributed by atoms with van der Waals surface area (Å²) in [6, 6.07) is 20.6. The fourth-order valence-electron chi connectivity index (χ4n) is 4.79. The molecule has 2 aromatic carbocycles. The Labute approximate surface area is 215 Å². The van der Waals surface area contributed by atoms with Gasteiger partial charge in [0.2, 0.25) is 5.91 Å². The maximum atomic E-state index is 12.7. The number of pyridine rings is 1. The molecule has 3 aromatic rings. The summed E-state index contributed by atoms with van der Waals surface area (Å²) in [5.74, 6) is 1.81. The summed E-state index contributed by atoms with van der Waals surface area (Å²) in [7, 11) is 0. The fraction of sp³-hybridized carbons (Fsp3) is 0.400. The van der Waals surface area contributed by atoms with Gasteiger partial charge in [-0.2, -0.15) is 0 Å². The molecule has 6 heteroatoms. The Kier molecular flexibility index (Phi) is 9.33. The molecule has 1 N–H and O–H groups in total. The predicted molar refractivity (Wildman–Crippen MR) is 147 cm³/mol. The molecular weight excluding hydrogens is 448 g/mol. The van der Waals surface area contributed by atoms with E-state index in [2.05, 4.69) is 51.6 Å². The van der Waals surface area contributed by atoms with Crippen LogP contribution < -0.4 is 15.0 Å². The van der Waals surface area contributed by atoms with Crippen molar-refractivity contribution in [2.24, 2.45) is 0 Å². The maximum Gasteiger partial charge on any atom is 0.223 e. The highest BCUT2D eigenvalue weighted by atomic mass is 16.5. The number of carbonyl (C=O) groups is 1. The van der Waals surface area contributed by atoms with E-state index in [1.165, 1.54) is 24.8 Å². The molecule has 0 bridgehead atoms. The van der Waals surface area contributed by atoms with E-state index < -0.39 is 0 Å². The summed E-state index contributed by atoms with van der Waals surface area (Å²) in [6.07, 6.45) is 7.57. The first kappa shape index (κ1) is 25.7. The Balaban J connectivity index is 1.64. The first-order valence-corrected chi connectivity index (χ1v) is 13.2. The summed E-state index contributed by atoms with van der Waals surface area (Å²) in [5.41, 5.74) is 4.39. The zero-order valence-corrected chi connectivity index (χ0v) is 21.6. The van der Waals surface area contributed by atoms with Gasteiger partial charge in [-0.3, -0.25) is 9.69 Å². The minimum absolute atomic E-state index is 0.0943. The molecule has 0 radical (unpaired) electrons. The molecule has 6 nitrogen and oxygen atoms in total. The Morgan fingerprint density at radius 3 is 2.47 bits per heavy atom. The lowest BCUT2D eigenvalue weighted by Gasteiger charge is -2.29. The van der Waals surface area contributed by atoms with Crippen molar-refractivity contribution in [3.63, 3.8) is 0 Å². The summed E-state index contributed by atoms with van der Waals surface area (Å²) in [5, 5.41) is 3.42. The van der Waals surface area contributed by atoms with Crippen molar-refractivity contribution in [1.29, 1.82) is 0 Å². The zero-order chi connectivity index (χ0) is 25.2. The molecule has 0 fully saturated rings. The van der Waals surface area contributed by atoms with Crippen LogP contribution in [0.1, 0.15) is 57.1 Å². The number of hydrogen-bond donors (Lipinski definition) is 1. The molecule has 36 heavy (non-hydrogen) atoms. The lowest BCUT2D eigenvalue weighted by molar-refractivity contribution is -0.116. The smallest absolute Gasteiger partial charge is 0.223 e. The van der Waals surface area contributed by atoms with E-state index in [0.29, 0.717) is 6.61 Å². The molecule has 0 aliphatic carbocycles.